The topological polar surface area (TPSA) is 120 Å². The summed E-state index contributed by atoms with van der Waals surface area (Å²) in [4.78, 5) is 22.3. The normalized spacial score (nSPS) is 10.6. The molecule has 0 atom stereocenters. The molecule has 150 valence electrons. The van der Waals surface area contributed by atoms with E-state index in [2.05, 4.69) is 15.5 Å². The number of aryl methyl sites for hydroxylation is 1. The molecule has 1 amide bonds. The lowest BCUT2D eigenvalue weighted by molar-refractivity contribution is -0.384. The number of anilines is 1. The van der Waals surface area contributed by atoms with Crippen LogP contribution < -0.4 is 10.1 Å². The van der Waals surface area contributed by atoms with E-state index < -0.39 is 4.92 Å². The van der Waals surface area contributed by atoms with Gasteiger partial charge in [-0.05, 0) is 36.8 Å². The Morgan fingerprint density at radius 1 is 1.31 bits per heavy atom. The minimum absolute atomic E-state index is 0.00146. The number of non-ortho nitro benzene ring substituents is 1. The zero-order valence-corrected chi connectivity index (χ0v) is 16.7. The molecule has 9 nitrogen and oxygen atoms in total. The van der Waals surface area contributed by atoms with Crippen molar-refractivity contribution in [2.75, 3.05) is 11.1 Å². The molecule has 0 bridgehead atoms. The number of nitrogens with zero attached hydrogens (tertiary/aromatic N) is 3. The first kappa shape index (κ1) is 20.6. The lowest BCUT2D eigenvalue weighted by Gasteiger charge is -2.06. The molecule has 1 heterocycles. The van der Waals surface area contributed by atoms with Crippen molar-refractivity contribution in [1.82, 2.24) is 10.2 Å². The van der Waals surface area contributed by atoms with Gasteiger partial charge in [-0.3, -0.25) is 14.9 Å². The number of thioether (sulfide) groups is 1. The minimum atomic E-state index is -0.530. The van der Waals surface area contributed by atoms with E-state index in [0.717, 1.165) is 17.3 Å². The molecular weight excluding hydrogens is 420 g/mol. The first-order valence-corrected chi connectivity index (χ1v) is 9.65. The minimum Gasteiger partial charge on any atom is -0.484 e. The third-order valence-electron chi connectivity index (χ3n) is 3.60. The number of halogens is 1. The van der Waals surface area contributed by atoms with Crippen LogP contribution in [0.5, 0.6) is 5.75 Å². The second-order valence-corrected chi connectivity index (χ2v) is 7.17. The SMILES string of the molecule is Cc1cc(Cl)ccc1OCc1nnc(SCC(=O)Nc2cccc([N+](=O)[O-])c2)o1. The van der Waals surface area contributed by atoms with Crippen molar-refractivity contribution >= 4 is 40.6 Å². The molecule has 1 aromatic heterocycles. The molecule has 11 heteroatoms. The summed E-state index contributed by atoms with van der Waals surface area (Å²) in [5, 5.41) is 21.9. The summed E-state index contributed by atoms with van der Waals surface area (Å²) >= 11 is 6.96. The maximum Gasteiger partial charge on any atom is 0.277 e. The van der Waals surface area contributed by atoms with Crippen LogP contribution in [0.25, 0.3) is 0 Å². The van der Waals surface area contributed by atoms with Crippen molar-refractivity contribution in [2.24, 2.45) is 0 Å². The first-order chi connectivity index (χ1) is 13.9. The maximum absolute atomic E-state index is 12.0. The van der Waals surface area contributed by atoms with Crippen molar-refractivity contribution in [3.63, 3.8) is 0 Å². The summed E-state index contributed by atoms with van der Waals surface area (Å²) in [6, 6.07) is 10.9. The van der Waals surface area contributed by atoms with Crippen molar-refractivity contribution in [3.05, 3.63) is 69.1 Å². The maximum atomic E-state index is 12.0. The number of nitrogens with one attached hydrogen (secondary N) is 1. The largest absolute Gasteiger partial charge is 0.484 e. The van der Waals surface area contributed by atoms with Crippen molar-refractivity contribution < 1.29 is 18.9 Å². The Morgan fingerprint density at radius 3 is 2.90 bits per heavy atom. The predicted molar refractivity (Wildman–Crippen MR) is 107 cm³/mol. The van der Waals surface area contributed by atoms with Gasteiger partial charge in [-0.2, -0.15) is 0 Å². The zero-order chi connectivity index (χ0) is 20.8. The number of benzene rings is 2. The van der Waals surface area contributed by atoms with Gasteiger partial charge < -0.3 is 14.5 Å². The standard InChI is InChI=1S/C18H15ClN4O5S/c1-11-7-12(19)5-6-15(11)27-9-17-21-22-18(28-17)29-10-16(24)20-13-3-2-4-14(8-13)23(25)26/h2-8H,9-10H2,1H3,(H,20,24). The highest BCUT2D eigenvalue weighted by Crippen LogP contribution is 2.23. The molecule has 0 saturated carbocycles. The summed E-state index contributed by atoms with van der Waals surface area (Å²) in [6.45, 7) is 1.95. The fourth-order valence-corrected chi connectivity index (χ4v) is 3.10. The number of nitro groups is 1. The van der Waals surface area contributed by atoms with Gasteiger partial charge in [-0.1, -0.05) is 29.4 Å². The molecule has 0 spiro atoms. The van der Waals surface area contributed by atoms with E-state index in [-0.39, 0.29) is 35.1 Å². The summed E-state index contributed by atoms with van der Waals surface area (Å²) in [5.41, 5.74) is 1.11. The molecule has 1 N–H and O–H groups in total. The second-order valence-electron chi connectivity index (χ2n) is 5.80. The van der Waals surface area contributed by atoms with Crippen molar-refractivity contribution in [1.29, 1.82) is 0 Å². The van der Waals surface area contributed by atoms with Gasteiger partial charge in [-0.15, -0.1) is 10.2 Å². The molecule has 2 aromatic carbocycles. The molecule has 0 aliphatic heterocycles. The smallest absolute Gasteiger partial charge is 0.277 e. The van der Waals surface area contributed by atoms with Crippen LogP contribution in [0.3, 0.4) is 0 Å². The quantitative estimate of drug-likeness (QED) is 0.317. The summed E-state index contributed by atoms with van der Waals surface area (Å²) in [7, 11) is 0. The van der Waals surface area contributed by atoms with Gasteiger partial charge >= 0.3 is 0 Å². The van der Waals surface area contributed by atoms with Gasteiger partial charge in [0.15, 0.2) is 6.61 Å². The molecule has 29 heavy (non-hydrogen) atoms. The Kier molecular flexibility index (Phi) is 6.68. The average Bonchev–Trinajstić information content (AvgIpc) is 3.14. The molecule has 0 unspecified atom stereocenters. The van der Waals surface area contributed by atoms with Crippen LogP contribution in [-0.4, -0.2) is 26.8 Å². The first-order valence-electron chi connectivity index (χ1n) is 8.29. The van der Waals surface area contributed by atoms with E-state index in [4.69, 9.17) is 20.8 Å². The van der Waals surface area contributed by atoms with E-state index in [1.54, 1.807) is 24.3 Å². The molecule has 0 radical (unpaired) electrons. The van der Waals surface area contributed by atoms with Gasteiger partial charge in [0, 0.05) is 22.8 Å². The zero-order valence-electron chi connectivity index (χ0n) is 15.1. The fourth-order valence-electron chi connectivity index (χ4n) is 2.29. The number of hydrogen-bond donors (Lipinski definition) is 1. The van der Waals surface area contributed by atoms with Gasteiger partial charge in [0.1, 0.15) is 5.75 Å². The number of ether oxygens (including phenoxy) is 1. The van der Waals surface area contributed by atoms with Crippen molar-refractivity contribution in [2.45, 2.75) is 18.8 Å². The van der Waals surface area contributed by atoms with E-state index in [9.17, 15) is 14.9 Å². The monoisotopic (exact) mass is 434 g/mol. The van der Waals surface area contributed by atoms with Crippen LogP contribution in [0.15, 0.2) is 52.1 Å². The van der Waals surface area contributed by atoms with Crippen LogP contribution >= 0.6 is 23.4 Å². The van der Waals surface area contributed by atoms with Crippen molar-refractivity contribution in [3.8, 4) is 5.75 Å². The molecular formula is C18H15ClN4O5S. The van der Waals surface area contributed by atoms with Gasteiger partial charge in [-0.25, -0.2) is 0 Å². The highest BCUT2D eigenvalue weighted by atomic mass is 35.5. The predicted octanol–water partition coefficient (Wildman–Crippen LogP) is 4.25. The van der Waals surface area contributed by atoms with Gasteiger partial charge in [0.2, 0.25) is 5.91 Å². The lowest BCUT2D eigenvalue weighted by atomic mass is 10.2. The number of nitro benzene ring substituents is 1. The Bertz CT molecular complexity index is 1040. The fraction of sp³-hybridized carbons (Fsp3) is 0.167. The number of carbonyl (C=O) groups excluding carboxylic acids is 1. The van der Waals surface area contributed by atoms with E-state index in [0.29, 0.717) is 16.5 Å². The third-order valence-corrected chi connectivity index (χ3v) is 4.66. The number of rotatable bonds is 8. The summed E-state index contributed by atoms with van der Waals surface area (Å²) < 4.78 is 11.1. The molecule has 0 fully saturated rings. The molecule has 3 rings (SSSR count). The van der Waals surface area contributed by atoms with Crippen LogP contribution in [-0.2, 0) is 11.4 Å². The Morgan fingerprint density at radius 2 is 2.14 bits per heavy atom. The second kappa shape index (κ2) is 9.39. The number of hydrogen-bond acceptors (Lipinski definition) is 8. The number of amides is 1. The van der Waals surface area contributed by atoms with Crippen LogP contribution in [0.1, 0.15) is 11.5 Å². The average molecular weight is 435 g/mol. The molecule has 0 aliphatic rings. The molecule has 0 aliphatic carbocycles. The van der Waals surface area contributed by atoms with Crippen LogP contribution in [0, 0.1) is 17.0 Å². The number of carbonyl (C=O) groups is 1. The Labute approximate surface area is 174 Å². The highest BCUT2D eigenvalue weighted by Gasteiger charge is 2.12. The van der Waals surface area contributed by atoms with Crippen LogP contribution in [0.4, 0.5) is 11.4 Å². The van der Waals surface area contributed by atoms with E-state index in [1.807, 2.05) is 6.92 Å². The highest BCUT2D eigenvalue weighted by molar-refractivity contribution is 7.99. The summed E-state index contributed by atoms with van der Waals surface area (Å²) in [5.74, 6) is 0.559. The molecule has 0 saturated heterocycles. The summed E-state index contributed by atoms with van der Waals surface area (Å²) in [6.07, 6.45) is 0. The lowest BCUT2D eigenvalue weighted by Crippen LogP contribution is -2.14. The third kappa shape index (κ3) is 5.93. The van der Waals surface area contributed by atoms with Gasteiger partial charge in [0.25, 0.3) is 16.8 Å². The Hall–Kier alpha value is -3.11. The molecule has 3 aromatic rings. The van der Waals surface area contributed by atoms with E-state index in [1.165, 1.54) is 18.2 Å². The van der Waals surface area contributed by atoms with E-state index >= 15 is 0 Å². The Balaban J connectivity index is 1.49. The van der Waals surface area contributed by atoms with Gasteiger partial charge in [0.05, 0.1) is 10.7 Å². The number of aromatic nitrogens is 2. The van der Waals surface area contributed by atoms with Crippen LogP contribution in [0.2, 0.25) is 5.02 Å².